The van der Waals surface area contributed by atoms with E-state index in [1.165, 1.54) is 17.4 Å². The van der Waals surface area contributed by atoms with Crippen LogP contribution in [0.3, 0.4) is 0 Å². The molecule has 3 aromatic rings. The van der Waals surface area contributed by atoms with Gasteiger partial charge in [-0.15, -0.1) is 11.3 Å². The molecule has 1 fully saturated rings. The Kier molecular flexibility index (Phi) is 4.90. The van der Waals surface area contributed by atoms with E-state index in [0.717, 1.165) is 17.6 Å². The van der Waals surface area contributed by atoms with Crippen molar-refractivity contribution in [1.29, 1.82) is 0 Å². The highest BCUT2D eigenvalue weighted by molar-refractivity contribution is 7.18. The van der Waals surface area contributed by atoms with Gasteiger partial charge < -0.3 is 16.0 Å². The van der Waals surface area contributed by atoms with Gasteiger partial charge in [-0.05, 0) is 31.9 Å². The summed E-state index contributed by atoms with van der Waals surface area (Å²) < 4.78 is 14.1. The average Bonchev–Trinajstić information content (AvgIpc) is 3.25. The fraction of sp³-hybridized carbons (Fsp3) is 0.389. The lowest BCUT2D eigenvalue weighted by molar-refractivity contribution is 0.0787. The molecule has 2 atom stereocenters. The largest absolute Gasteiger partial charge is 0.348 e. The van der Waals surface area contributed by atoms with E-state index in [1.54, 1.807) is 11.1 Å². The highest BCUT2D eigenvalue weighted by Gasteiger charge is 2.28. The standard InChI is InChI=1S/C18H20FN7OS/c1-9(11-5-12(19)7-21-6-11)22-18-24-14(15-16(25-18)23-10(2)28-15)17(27)26-4-3-13(20)8-26/h5-7,9,13H,3-4,8,20H2,1-2H3,(H,22,24,25). The number of nitrogens with two attached hydrogens (primary N) is 1. The van der Waals surface area contributed by atoms with Gasteiger partial charge in [0.1, 0.15) is 10.5 Å². The molecule has 0 spiro atoms. The topological polar surface area (TPSA) is 110 Å². The van der Waals surface area contributed by atoms with Gasteiger partial charge in [0.05, 0.1) is 17.2 Å². The van der Waals surface area contributed by atoms with Crippen molar-refractivity contribution in [2.45, 2.75) is 32.4 Å². The van der Waals surface area contributed by atoms with Gasteiger partial charge in [0.2, 0.25) is 5.95 Å². The van der Waals surface area contributed by atoms with Gasteiger partial charge in [0.25, 0.3) is 5.91 Å². The van der Waals surface area contributed by atoms with E-state index in [2.05, 4.69) is 25.3 Å². The molecule has 1 aliphatic rings. The van der Waals surface area contributed by atoms with Gasteiger partial charge in [-0.25, -0.2) is 14.4 Å². The fourth-order valence-electron chi connectivity index (χ4n) is 3.20. The summed E-state index contributed by atoms with van der Waals surface area (Å²) in [4.78, 5) is 31.9. The van der Waals surface area contributed by atoms with Gasteiger partial charge in [-0.1, -0.05) is 0 Å². The molecule has 8 nitrogen and oxygen atoms in total. The highest BCUT2D eigenvalue weighted by Crippen LogP contribution is 2.27. The SMILES string of the molecule is Cc1nc2nc(NC(C)c3cncc(F)c3)nc(C(=O)N3CCC(N)C3)c2s1. The minimum absolute atomic E-state index is 0.0115. The third-order valence-electron chi connectivity index (χ3n) is 4.65. The summed E-state index contributed by atoms with van der Waals surface area (Å²) in [7, 11) is 0. The van der Waals surface area contributed by atoms with Crippen LogP contribution in [0.1, 0.15) is 40.4 Å². The number of pyridine rings is 1. The molecule has 28 heavy (non-hydrogen) atoms. The molecule has 1 saturated heterocycles. The van der Waals surface area contributed by atoms with Crippen molar-refractivity contribution in [3.05, 3.63) is 40.5 Å². The summed E-state index contributed by atoms with van der Waals surface area (Å²) in [5, 5.41) is 3.92. The van der Waals surface area contributed by atoms with Crippen molar-refractivity contribution >= 4 is 33.5 Å². The van der Waals surface area contributed by atoms with Crippen LogP contribution in [0, 0.1) is 12.7 Å². The Morgan fingerprint density at radius 3 is 2.93 bits per heavy atom. The number of thiazole rings is 1. The minimum atomic E-state index is -0.418. The molecule has 0 bridgehead atoms. The van der Waals surface area contributed by atoms with Crippen LogP contribution in [0.2, 0.25) is 0 Å². The molecule has 4 heterocycles. The Morgan fingerprint density at radius 2 is 2.21 bits per heavy atom. The molecule has 1 aliphatic heterocycles. The monoisotopic (exact) mass is 401 g/mol. The van der Waals surface area contributed by atoms with Gasteiger partial charge in [-0.3, -0.25) is 9.78 Å². The van der Waals surface area contributed by atoms with Crippen molar-refractivity contribution in [1.82, 2.24) is 24.8 Å². The number of anilines is 1. The maximum atomic E-state index is 13.5. The molecule has 3 N–H and O–H groups in total. The van der Waals surface area contributed by atoms with E-state index < -0.39 is 5.82 Å². The van der Waals surface area contributed by atoms with Crippen molar-refractivity contribution < 1.29 is 9.18 Å². The molecule has 3 aromatic heterocycles. The molecule has 1 amide bonds. The summed E-state index contributed by atoms with van der Waals surface area (Å²) in [6.45, 7) is 4.82. The smallest absolute Gasteiger partial charge is 0.274 e. The molecule has 0 radical (unpaired) electrons. The number of amides is 1. The third kappa shape index (κ3) is 3.65. The zero-order chi connectivity index (χ0) is 19.8. The molecular weight excluding hydrogens is 381 g/mol. The Morgan fingerprint density at radius 1 is 1.39 bits per heavy atom. The second-order valence-electron chi connectivity index (χ2n) is 6.88. The van der Waals surface area contributed by atoms with Crippen LogP contribution in [0.5, 0.6) is 0 Å². The number of rotatable bonds is 4. The lowest BCUT2D eigenvalue weighted by atomic mass is 10.1. The Balaban J connectivity index is 1.68. The van der Waals surface area contributed by atoms with Crippen LogP contribution >= 0.6 is 11.3 Å². The lowest BCUT2D eigenvalue weighted by Gasteiger charge is -2.17. The third-order valence-corrected chi connectivity index (χ3v) is 5.61. The van der Waals surface area contributed by atoms with Crippen molar-refractivity contribution in [2.24, 2.45) is 5.73 Å². The molecule has 2 unspecified atom stereocenters. The normalized spacial score (nSPS) is 17.9. The number of likely N-dealkylation sites (tertiary alicyclic amines) is 1. The Bertz CT molecular complexity index is 1040. The minimum Gasteiger partial charge on any atom is -0.348 e. The average molecular weight is 401 g/mol. The number of aromatic nitrogens is 4. The molecule has 0 saturated carbocycles. The summed E-state index contributed by atoms with van der Waals surface area (Å²) in [6, 6.07) is 1.08. The van der Waals surface area contributed by atoms with E-state index in [0.29, 0.717) is 34.7 Å². The first-order chi connectivity index (χ1) is 13.4. The quantitative estimate of drug-likeness (QED) is 0.690. The zero-order valence-electron chi connectivity index (χ0n) is 15.5. The number of nitrogens with one attached hydrogen (secondary N) is 1. The van der Waals surface area contributed by atoms with Crippen LogP contribution in [-0.4, -0.2) is 49.9 Å². The van der Waals surface area contributed by atoms with E-state index in [-0.39, 0.29) is 23.9 Å². The van der Waals surface area contributed by atoms with Crippen LogP contribution in [0.15, 0.2) is 18.5 Å². The van der Waals surface area contributed by atoms with Gasteiger partial charge in [0.15, 0.2) is 11.3 Å². The van der Waals surface area contributed by atoms with Crippen LogP contribution in [0.25, 0.3) is 10.3 Å². The molecule has 10 heteroatoms. The predicted molar refractivity (Wildman–Crippen MR) is 105 cm³/mol. The summed E-state index contributed by atoms with van der Waals surface area (Å²) in [6.07, 6.45) is 3.49. The first kappa shape index (κ1) is 18.6. The number of aryl methyl sites for hydroxylation is 1. The number of carbonyl (C=O) groups is 1. The summed E-state index contributed by atoms with van der Waals surface area (Å²) >= 11 is 1.39. The Labute approximate surface area is 165 Å². The molecule has 0 aromatic carbocycles. The van der Waals surface area contributed by atoms with Crippen molar-refractivity contribution in [3.63, 3.8) is 0 Å². The van der Waals surface area contributed by atoms with Crippen LogP contribution in [0.4, 0.5) is 10.3 Å². The lowest BCUT2D eigenvalue weighted by Crippen LogP contribution is -2.32. The Hall–Kier alpha value is -2.72. The maximum Gasteiger partial charge on any atom is 0.274 e. The van der Waals surface area contributed by atoms with Gasteiger partial charge in [0, 0.05) is 25.3 Å². The number of halogens is 1. The number of fused-ring (bicyclic) bond motifs is 1. The summed E-state index contributed by atoms with van der Waals surface area (Å²) in [5.41, 5.74) is 7.38. The van der Waals surface area contributed by atoms with E-state index in [9.17, 15) is 9.18 Å². The molecule has 146 valence electrons. The predicted octanol–water partition coefficient (Wildman–Crippen LogP) is 2.28. The second kappa shape index (κ2) is 7.36. The second-order valence-corrected chi connectivity index (χ2v) is 8.09. The maximum absolute atomic E-state index is 13.5. The van der Waals surface area contributed by atoms with E-state index in [4.69, 9.17) is 5.73 Å². The van der Waals surface area contributed by atoms with Crippen molar-refractivity contribution in [2.75, 3.05) is 18.4 Å². The zero-order valence-corrected chi connectivity index (χ0v) is 16.3. The first-order valence-electron chi connectivity index (χ1n) is 8.97. The first-order valence-corrected chi connectivity index (χ1v) is 9.79. The number of hydrogen-bond donors (Lipinski definition) is 2. The van der Waals surface area contributed by atoms with E-state index in [1.807, 2.05) is 13.8 Å². The summed E-state index contributed by atoms with van der Waals surface area (Å²) in [5.74, 6) is -0.326. The van der Waals surface area contributed by atoms with E-state index >= 15 is 0 Å². The fourth-order valence-corrected chi connectivity index (χ4v) is 4.04. The van der Waals surface area contributed by atoms with Gasteiger partial charge in [-0.2, -0.15) is 4.98 Å². The highest BCUT2D eigenvalue weighted by atomic mass is 32.1. The molecule has 4 rings (SSSR count). The number of hydrogen-bond acceptors (Lipinski definition) is 8. The number of nitrogens with zero attached hydrogens (tertiary/aromatic N) is 5. The number of carbonyl (C=O) groups excluding carboxylic acids is 1. The van der Waals surface area contributed by atoms with Crippen molar-refractivity contribution in [3.8, 4) is 0 Å². The molecular formula is C18H20FN7OS. The molecule has 0 aliphatic carbocycles. The van der Waals surface area contributed by atoms with Crippen LogP contribution in [-0.2, 0) is 0 Å². The van der Waals surface area contributed by atoms with Gasteiger partial charge >= 0.3 is 0 Å². The van der Waals surface area contributed by atoms with Crippen LogP contribution < -0.4 is 11.1 Å².